The van der Waals surface area contributed by atoms with Gasteiger partial charge in [-0.25, -0.2) is 0 Å². The number of benzene rings is 1. The normalized spacial score (nSPS) is 17.0. The molecule has 1 atom stereocenters. The Morgan fingerprint density at radius 1 is 1.21 bits per heavy atom. The highest BCUT2D eigenvalue weighted by Gasteiger charge is 2.23. The Morgan fingerprint density at radius 2 is 2.04 bits per heavy atom. The van der Waals surface area contributed by atoms with E-state index in [4.69, 9.17) is 0 Å². The van der Waals surface area contributed by atoms with Crippen molar-refractivity contribution in [3.63, 3.8) is 0 Å². The van der Waals surface area contributed by atoms with Crippen LogP contribution in [0.5, 0.6) is 0 Å². The number of fused-ring (bicyclic) bond motifs is 1. The smallest absolute Gasteiger partial charge is 0.164 e. The molecule has 24 heavy (non-hydrogen) atoms. The Kier molecular flexibility index (Phi) is 3.90. The first-order valence-corrected chi connectivity index (χ1v) is 8.40. The molecule has 1 aliphatic rings. The van der Waals surface area contributed by atoms with Crippen LogP contribution in [0, 0.1) is 6.92 Å². The lowest BCUT2D eigenvalue weighted by atomic mass is 10.1. The lowest BCUT2D eigenvalue weighted by Gasteiger charge is -2.25. The average Bonchev–Trinajstić information content (AvgIpc) is 3.16. The Balaban J connectivity index is 1.49. The molecule has 2 aromatic heterocycles. The van der Waals surface area contributed by atoms with E-state index in [1.807, 2.05) is 29.9 Å². The van der Waals surface area contributed by atoms with E-state index in [2.05, 4.69) is 50.4 Å². The van der Waals surface area contributed by atoms with E-state index in [1.165, 1.54) is 5.56 Å². The van der Waals surface area contributed by atoms with Crippen molar-refractivity contribution in [2.45, 2.75) is 38.9 Å². The molecule has 0 spiro atoms. The maximum Gasteiger partial charge on any atom is 0.164 e. The molecule has 4 rings (SSSR count). The summed E-state index contributed by atoms with van der Waals surface area (Å²) in [5.41, 5.74) is 3.48. The molecule has 0 unspecified atom stereocenters. The van der Waals surface area contributed by atoms with Crippen molar-refractivity contribution in [3.8, 4) is 11.4 Å². The molecule has 0 fully saturated rings. The predicted molar refractivity (Wildman–Crippen MR) is 92.4 cm³/mol. The number of nitrogens with one attached hydrogen (secondary N) is 1. The molecule has 0 bridgehead atoms. The fourth-order valence-corrected chi connectivity index (χ4v) is 3.37. The molecule has 0 radical (unpaired) electrons. The van der Waals surface area contributed by atoms with Crippen LogP contribution in [0.2, 0.25) is 0 Å². The van der Waals surface area contributed by atoms with Crippen LogP contribution in [0.1, 0.15) is 23.5 Å². The Hall–Kier alpha value is -2.47. The summed E-state index contributed by atoms with van der Waals surface area (Å²) in [6, 6.07) is 10.7. The van der Waals surface area contributed by atoms with Gasteiger partial charge in [0.05, 0.1) is 5.69 Å². The third kappa shape index (κ3) is 2.85. The lowest BCUT2D eigenvalue weighted by Crippen LogP contribution is -2.37. The van der Waals surface area contributed by atoms with Crippen molar-refractivity contribution < 1.29 is 0 Å². The second-order valence-electron chi connectivity index (χ2n) is 6.45. The van der Waals surface area contributed by atoms with E-state index in [1.54, 1.807) is 0 Å². The summed E-state index contributed by atoms with van der Waals surface area (Å²) in [7, 11) is 1.96. The minimum absolute atomic E-state index is 0.426. The van der Waals surface area contributed by atoms with Gasteiger partial charge in [0, 0.05) is 49.9 Å². The van der Waals surface area contributed by atoms with Gasteiger partial charge in [-0.3, -0.25) is 4.68 Å². The summed E-state index contributed by atoms with van der Waals surface area (Å²) in [6.45, 7) is 3.82. The molecule has 6 heteroatoms. The van der Waals surface area contributed by atoms with Gasteiger partial charge in [0.2, 0.25) is 0 Å². The zero-order valence-electron chi connectivity index (χ0n) is 14.1. The zero-order chi connectivity index (χ0) is 16.5. The molecule has 3 heterocycles. The van der Waals surface area contributed by atoms with Gasteiger partial charge in [0.1, 0.15) is 5.82 Å². The summed E-state index contributed by atoms with van der Waals surface area (Å²) < 4.78 is 4.13. The quantitative estimate of drug-likeness (QED) is 0.799. The molecule has 1 N–H and O–H groups in total. The second-order valence-corrected chi connectivity index (χ2v) is 6.45. The first kappa shape index (κ1) is 15.1. The van der Waals surface area contributed by atoms with Crippen LogP contribution in [0.4, 0.5) is 0 Å². The third-order valence-electron chi connectivity index (χ3n) is 4.68. The second kappa shape index (κ2) is 6.20. The minimum Gasteiger partial charge on any atom is -0.309 e. The number of nitrogens with zero attached hydrogens (tertiary/aromatic N) is 5. The number of hydrogen-bond donors (Lipinski definition) is 1. The van der Waals surface area contributed by atoms with Crippen LogP contribution in [0.15, 0.2) is 36.5 Å². The first-order valence-electron chi connectivity index (χ1n) is 8.40. The highest BCUT2D eigenvalue weighted by Crippen LogP contribution is 2.23. The van der Waals surface area contributed by atoms with Crippen molar-refractivity contribution in [3.05, 3.63) is 53.6 Å². The summed E-state index contributed by atoms with van der Waals surface area (Å²) in [5.74, 6) is 2.05. The molecule has 1 aliphatic heterocycles. The summed E-state index contributed by atoms with van der Waals surface area (Å²) >= 11 is 0. The minimum atomic E-state index is 0.426. The van der Waals surface area contributed by atoms with Gasteiger partial charge in [-0.05, 0) is 13.3 Å². The van der Waals surface area contributed by atoms with Crippen LogP contribution in [0.3, 0.4) is 0 Å². The van der Waals surface area contributed by atoms with Gasteiger partial charge < -0.3 is 9.88 Å². The average molecular weight is 322 g/mol. The Bertz CT molecular complexity index is 833. The topological polar surface area (TPSA) is 60.6 Å². The van der Waals surface area contributed by atoms with Crippen molar-refractivity contribution in [1.29, 1.82) is 0 Å². The van der Waals surface area contributed by atoms with E-state index in [9.17, 15) is 0 Å². The summed E-state index contributed by atoms with van der Waals surface area (Å²) in [6.07, 6.45) is 4.14. The van der Waals surface area contributed by atoms with Gasteiger partial charge in [0.15, 0.2) is 5.82 Å². The van der Waals surface area contributed by atoms with Crippen LogP contribution in [0.25, 0.3) is 11.4 Å². The molecule has 0 amide bonds. The van der Waals surface area contributed by atoms with Crippen molar-refractivity contribution in [1.82, 2.24) is 29.9 Å². The summed E-state index contributed by atoms with van der Waals surface area (Å²) in [5, 5.41) is 16.9. The number of aryl methyl sites for hydroxylation is 3. The molecule has 6 nitrogen and oxygen atoms in total. The molecule has 1 aromatic carbocycles. The van der Waals surface area contributed by atoms with E-state index in [-0.39, 0.29) is 0 Å². The van der Waals surface area contributed by atoms with Crippen LogP contribution < -0.4 is 5.32 Å². The van der Waals surface area contributed by atoms with Gasteiger partial charge in [-0.2, -0.15) is 5.10 Å². The van der Waals surface area contributed by atoms with Crippen LogP contribution in [-0.4, -0.2) is 30.6 Å². The van der Waals surface area contributed by atoms with E-state index < -0.39 is 0 Å². The van der Waals surface area contributed by atoms with E-state index >= 15 is 0 Å². The Morgan fingerprint density at radius 3 is 2.79 bits per heavy atom. The number of rotatable bonds is 4. The SMILES string of the molecule is Cc1nn(C)cc1CN[C@H]1CCc2nnc(-c3ccccc3)n2C1. The first-order chi connectivity index (χ1) is 11.7. The zero-order valence-corrected chi connectivity index (χ0v) is 14.1. The highest BCUT2D eigenvalue weighted by molar-refractivity contribution is 5.55. The molecule has 3 aromatic rings. The van der Waals surface area contributed by atoms with Crippen molar-refractivity contribution >= 4 is 0 Å². The highest BCUT2D eigenvalue weighted by atomic mass is 15.3. The molecule has 124 valence electrons. The van der Waals surface area contributed by atoms with Gasteiger partial charge >= 0.3 is 0 Å². The van der Waals surface area contributed by atoms with Crippen LogP contribution >= 0.6 is 0 Å². The standard InChI is InChI=1S/C18H22N6/c1-13-15(11-23(2)22-13)10-19-16-8-9-17-20-21-18(24(17)12-16)14-6-4-3-5-7-14/h3-7,11,16,19H,8-10,12H2,1-2H3/t16-/m0/s1. The van der Waals surface area contributed by atoms with E-state index in [0.717, 1.165) is 48.8 Å². The lowest BCUT2D eigenvalue weighted by molar-refractivity contribution is 0.380. The maximum absolute atomic E-state index is 4.41. The maximum atomic E-state index is 4.41. The summed E-state index contributed by atoms with van der Waals surface area (Å²) in [4.78, 5) is 0. The van der Waals surface area contributed by atoms with Gasteiger partial charge in [-0.1, -0.05) is 30.3 Å². The molecular weight excluding hydrogens is 300 g/mol. The fourth-order valence-electron chi connectivity index (χ4n) is 3.37. The largest absolute Gasteiger partial charge is 0.309 e. The number of hydrogen-bond acceptors (Lipinski definition) is 4. The number of aromatic nitrogens is 5. The van der Waals surface area contributed by atoms with Crippen molar-refractivity contribution in [2.24, 2.45) is 7.05 Å². The molecule has 0 saturated carbocycles. The fraction of sp³-hybridized carbons (Fsp3) is 0.389. The van der Waals surface area contributed by atoms with Crippen molar-refractivity contribution in [2.75, 3.05) is 0 Å². The van der Waals surface area contributed by atoms with Gasteiger partial charge in [-0.15, -0.1) is 10.2 Å². The van der Waals surface area contributed by atoms with E-state index in [0.29, 0.717) is 6.04 Å². The van der Waals surface area contributed by atoms with Gasteiger partial charge in [0.25, 0.3) is 0 Å². The predicted octanol–water partition coefficient (Wildman–Crippen LogP) is 2.09. The molecular formula is C18H22N6. The molecule has 0 saturated heterocycles. The molecule has 0 aliphatic carbocycles. The van der Waals surface area contributed by atoms with Crippen LogP contribution in [-0.2, 0) is 26.6 Å². The monoisotopic (exact) mass is 322 g/mol. The third-order valence-corrected chi connectivity index (χ3v) is 4.68. The Labute approximate surface area is 141 Å².